The largest absolute Gasteiger partial charge is 0.385 e. The van der Waals surface area contributed by atoms with Gasteiger partial charge in [0.05, 0.1) is 6.04 Å². The zero-order chi connectivity index (χ0) is 17.5. The first kappa shape index (κ1) is 17.7. The Kier molecular flexibility index (Phi) is 6.06. The summed E-state index contributed by atoms with van der Waals surface area (Å²) in [6.07, 6.45) is 2.48. The number of benzene rings is 1. The molecule has 2 amide bonds. The van der Waals surface area contributed by atoms with Gasteiger partial charge in [0.15, 0.2) is 0 Å². The van der Waals surface area contributed by atoms with Crippen LogP contribution in [0.4, 0.5) is 5.69 Å². The zero-order valence-corrected chi connectivity index (χ0v) is 13.6. The van der Waals surface area contributed by atoms with Gasteiger partial charge in [-0.3, -0.25) is 14.4 Å². The number of likely N-dealkylation sites (N-methyl/N-ethyl adjacent to an activating group) is 1. The number of fused-ring (bicyclic) bond motifs is 1. The highest BCUT2D eigenvalue weighted by Gasteiger charge is 2.18. The highest BCUT2D eigenvalue weighted by molar-refractivity contribution is 6.36. The molecule has 0 radical (unpaired) electrons. The van der Waals surface area contributed by atoms with Crippen LogP contribution < -0.4 is 16.0 Å². The van der Waals surface area contributed by atoms with E-state index in [1.54, 1.807) is 6.07 Å². The molecule has 128 valence electrons. The Labute approximate surface area is 140 Å². The molecule has 0 aromatic heterocycles. The molecule has 7 heteroatoms. The minimum Gasteiger partial charge on any atom is -0.385 e. The Balaban J connectivity index is 1.95. The average molecular weight is 331 g/mol. The van der Waals surface area contributed by atoms with E-state index < -0.39 is 17.7 Å². The molecule has 0 fully saturated rings. The fraction of sp³-hybridized carbons (Fsp3) is 0.412. The minimum atomic E-state index is -0.805. The van der Waals surface area contributed by atoms with E-state index in [4.69, 9.17) is 0 Å². The summed E-state index contributed by atoms with van der Waals surface area (Å²) in [5.74, 6) is -1.68. The van der Waals surface area contributed by atoms with Crippen molar-refractivity contribution >= 4 is 29.6 Å². The smallest absolute Gasteiger partial charge is 0.287 e. The second-order valence-corrected chi connectivity index (χ2v) is 5.66. The third-order valence-corrected chi connectivity index (χ3v) is 3.95. The molecule has 24 heavy (non-hydrogen) atoms. The van der Waals surface area contributed by atoms with Crippen molar-refractivity contribution in [2.45, 2.75) is 31.7 Å². The van der Waals surface area contributed by atoms with Crippen LogP contribution in [0.1, 0.15) is 35.2 Å². The topological polar surface area (TPSA) is 104 Å². The van der Waals surface area contributed by atoms with E-state index in [0.717, 1.165) is 30.6 Å². The van der Waals surface area contributed by atoms with Gasteiger partial charge in [-0.25, -0.2) is 0 Å². The van der Waals surface area contributed by atoms with Crippen LogP contribution in [0.2, 0.25) is 0 Å². The number of carbonyl (C=O) groups excluding carboxylic acids is 4. The van der Waals surface area contributed by atoms with Gasteiger partial charge in [-0.2, -0.15) is 0 Å². The molecule has 1 aromatic rings. The van der Waals surface area contributed by atoms with Crippen LogP contribution in [0.25, 0.3) is 0 Å². The summed E-state index contributed by atoms with van der Waals surface area (Å²) in [7, 11) is 1.37. The number of amides is 2. The fourth-order valence-electron chi connectivity index (χ4n) is 2.58. The molecule has 0 aliphatic carbocycles. The Morgan fingerprint density at radius 3 is 2.83 bits per heavy atom. The van der Waals surface area contributed by atoms with E-state index in [2.05, 4.69) is 16.0 Å². The Hall–Kier alpha value is -2.70. The summed E-state index contributed by atoms with van der Waals surface area (Å²) >= 11 is 0. The second-order valence-electron chi connectivity index (χ2n) is 5.66. The van der Waals surface area contributed by atoms with E-state index in [9.17, 15) is 19.2 Å². The van der Waals surface area contributed by atoms with Gasteiger partial charge < -0.3 is 20.7 Å². The molecule has 0 saturated heterocycles. The third-order valence-electron chi connectivity index (χ3n) is 3.95. The number of carbonyl (C=O) groups is 4. The molecule has 2 rings (SSSR count). The van der Waals surface area contributed by atoms with Crippen LogP contribution in [0, 0.1) is 0 Å². The highest BCUT2D eigenvalue weighted by atomic mass is 16.2. The van der Waals surface area contributed by atoms with Gasteiger partial charge in [-0.05, 0) is 43.0 Å². The Morgan fingerprint density at radius 1 is 1.33 bits per heavy atom. The average Bonchev–Trinajstić information content (AvgIpc) is 2.63. The lowest BCUT2D eigenvalue weighted by Gasteiger charge is -2.19. The summed E-state index contributed by atoms with van der Waals surface area (Å²) < 4.78 is 0. The molecule has 0 saturated carbocycles. The maximum Gasteiger partial charge on any atom is 0.287 e. The fourth-order valence-corrected chi connectivity index (χ4v) is 2.58. The van der Waals surface area contributed by atoms with Crippen LogP contribution >= 0.6 is 0 Å². The van der Waals surface area contributed by atoms with Crippen LogP contribution in [0.15, 0.2) is 18.2 Å². The summed E-state index contributed by atoms with van der Waals surface area (Å²) in [4.78, 5) is 46.0. The molecule has 1 aromatic carbocycles. The third kappa shape index (κ3) is 4.41. The van der Waals surface area contributed by atoms with E-state index in [1.807, 2.05) is 12.1 Å². The molecule has 1 atom stereocenters. The Morgan fingerprint density at radius 2 is 2.12 bits per heavy atom. The molecule has 1 heterocycles. The standard InChI is InChI=1S/C17H21N3O4/c1-18-17(24)15(22)7-5-13(10-21)20-16(23)12-4-6-14-11(9-12)3-2-8-19-14/h4,6,9-10,13,19H,2-3,5,7-8H2,1H3,(H,18,24)(H,20,23). The normalized spacial score (nSPS) is 13.9. The molecule has 1 aliphatic heterocycles. The molecular formula is C17H21N3O4. The summed E-state index contributed by atoms with van der Waals surface area (Å²) in [5, 5.41) is 8.09. The van der Waals surface area contributed by atoms with Gasteiger partial charge in [-0.1, -0.05) is 0 Å². The first-order valence-electron chi connectivity index (χ1n) is 7.93. The number of ketones is 1. The van der Waals surface area contributed by atoms with Crippen molar-refractivity contribution in [3.05, 3.63) is 29.3 Å². The van der Waals surface area contributed by atoms with Gasteiger partial charge in [-0.15, -0.1) is 0 Å². The molecule has 1 aliphatic rings. The molecule has 0 bridgehead atoms. The van der Waals surface area contributed by atoms with Crippen molar-refractivity contribution in [3.8, 4) is 0 Å². The maximum atomic E-state index is 12.3. The van der Waals surface area contributed by atoms with Crippen molar-refractivity contribution in [2.24, 2.45) is 0 Å². The van der Waals surface area contributed by atoms with Crippen molar-refractivity contribution in [1.82, 2.24) is 10.6 Å². The zero-order valence-electron chi connectivity index (χ0n) is 13.6. The number of Topliss-reactive ketones (excluding diaryl/α,β-unsaturated/α-hetero) is 1. The lowest BCUT2D eigenvalue weighted by molar-refractivity contribution is -0.137. The van der Waals surface area contributed by atoms with Gasteiger partial charge in [0.1, 0.15) is 6.29 Å². The van der Waals surface area contributed by atoms with E-state index in [-0.39, 0.29) is 18.7 Å². The monoisotopic (exact) mass is 331 g/mol. The number of aldehydes is 1. The number of anilines is 1. The first-order valence-corrected chi connectivity index (χ1v) is 7.93. The summed E-state index contributed by atoms with van der Waals surface area (Å²) in [5.41, 5.74) is 2.58. The summed E-state index contributed by atoms with van der Waals surface area (Å²) in [6, 6.07) is 4.56. The Bertz CT molecular complexity index is 657. The van der Waals surface area contributed by atoms with Gasteiger partial charge in [0.2, 0.25) is 5.78 Å². The highest BCUT2D eigenvalue weighted by Crippen LogP contribution is 2.22. The van der Waals surface area contributed by atoms with Crippen LogP contribution in [0.5, 0.6) is 0 Å². The van der Waals surface area contributed by atoms with Gasteiger partial charge in [0.25, 0.3) is 11.8 Å². The van der Waals surface area contributed by atoms with Crippen molar-refractivity contribution in [1.29, 1.82) is 0 Å². The van der Waals surface area contributed by atoms with Gasteiger partial charge in [0, 0.05) is 31.3 Å². The molecular weight excluding hydrogens is 310 g/mol. The quantitative estimate of drug-likeness (QED) is 0.497. The molecule has 3 N–H and O–H groups in total. The number of aryl methyl sites for hydroxylation is 1. The van der Waals surface area contributed by atoms with Crippen molar-refractivity contribution < 1.29 is 19.2 Å². The van der Waals surface area contributed by atoms with E-state index in [1.165, 1.54) is 7.05 Å². The van der Waals surface area contributed by atoms with Crippen molar-refractivity contribution in [2.75, 3.05) is 18.9 Å². The molecule has 1 unspecified atom stereocenters. The lowest BCUT2D eigenvalue weighted by atomic mass is 10.0. The number of rotatable bonds is 7. The molecule has 7 nitrogen and oxygen atoms in total. The van der Waals surface area contributed by atoms with Crippen LogP contribution in [-0.4, -0.2) is 43.5 Å². The maximum absolute atomic E-state index is 12.3. The predicted octanol–water partition coefficient (Wildman–Crippen LogP) is 0.437. The van der Waals surface area contributed by atoms with Crippen molar-refractivity contribution in [3.63, 3.8) is 0 Å². The van der Waals surface area contributed by atoms with Crippen LogP contribution in [-0.2, 0) is 20.8 Å². The number of hydrogen-bond acceptors (Lipinski definition) is 5. The minimum absolute atomic E-state index is 0.0913. The summed E-state index contributed by atoms with van der Waals surface area (Å²) in [6.45, 7) is 0.922. The van der Waals surface area contributed by atoms with Crippen LogP contribution in [0.3, 0.4) is 0 Å². The lowest BCUT2D eigenvalue weighted by Crippen LogP contribution is -2.37. The van der Waals surface area contributed by atoms with Gasteiger partial charge >= 0.3 is 0 Å². The predicted molar refractivity (Wildman–Crippen MR) is 88.9 cm³/mol. The van der Waals surface area contributed by atoms with E-state index >= 15 is 0 Å². The SMILES string of the molecule is CNC(=O)C(=O)CCC(C=O)NC(=O)c1ccc2c(c1)CCCN2. The first-order chi connectivity index (χ1) is 11.5. The second kappa shape index (κ2) is 8.24. The number of nitrogens with one attached hydrogen (secondary N) is 3. The van der Waals surface area contributed by atoms with E-state index in [0.29, 0.717) is 11.8 Å². The molecule has 0 spiro atoms. The number of hydrogen-bond donors (Lipinski definition) is 3.